The van der Waals surface area contributed by atoms with Crippen molar-refractivity contribution in [2.24, 2.45) is 0 Å². The molecule has 0 fully saturated rings. The summed E-state index contributed by atoms with van der Waals surface area (Å²) in [6, 6.07) is 8.58. The van der Waals surface area contributed by atoms with E-state index in [1.807, 2.05) is 0 Å². The van der Waals surface area contributed by atoms with E-state index in [0.29, 0.717) is 23.7 Å². The Bertz CT molecular complexity index is 511. The monoisotopic (exact) mass is 247 g/mol. The molecule has 1 aromatic heterocycles. The third-order valence-electron chi connectivity index (χ3n) is 2.18. The van der Waals surface area contributed by atoms with Crippen molar-refractivity contribution in [1.29, 1.82) is 0 Å². The number of anilines is 1. The number of hydrogen-bond acceptors (Lipinski definition) is 5. The Kier molecular flexibility index (Phi) is 3.80. The molecule has 0 unspecified atom stereocenters. The zero-order chi connectivity index (χ0) is 12.8. The summed E-state index contributed by atoms with van der Waals surface area (Å²) in [5.74, 6) is 0.908. The molecule has 0 saturated heterocycles. The van der Waals surface area contributed by atoms with Crippen LogP contribution in [-0.4, -0.2) is 17.7 Å². The molecule has 18 heavy (non-hydrogen) atoms. The van der Waals surface area contributed by atoms with Gasteiger partial charge in [-0.25, -0.2) is 0 Å². The summed E-state index contributed by atoms with van der Waals surface area (Å²) in [5, 5.41) is 6.17. The van der Waals surface area contributed by atoms with E-state index in [9.17, 15) is 4.79 Å². The maximum Gasteiger partial charge on any atom is 0.258 e. The average Bonchev–Trinajstić information content (AvgIpc) is 2.87. The van der Waals surface area contributed by atoms with E-state index in [4.69, 9.17) is 15.0 Å². The summed E-state index contributed by atoms with van der Waals surface area (Å²) < 4.78 is 10.1. The van der Waals surface area contributed by atoms with Crippen molar-refractivity contribution in [2.45, 2.75) is 6.54 Å². The van der Waals surface area contributed by atoms with Crippen LogP contribution in [0.1, 0.15) is 5.76 Å². The standard InChI is InChI=1S/C12H13N3O3/c13-9-2-1-3-10(6-9)17-8-12(16)14-7-11-4-5-15-18-11/h1-6H,7-8,13H2,(H,14,16). The second-order valence-electron chi connectivity index (χ2n) is 3.62. The van der Waals surface area contributed by atoms with Crippen LogP contribution in [0, 0.1) is 0 Å². The van der Waals surface area contributed by atoms with Crippen molar-refractivity contribution >= 4 is 11.6 Å². The second-order valence-corrected chi connectivity index (χ2v) is 3.62. The van der Waals surface area contributed by atoms with Crippen molar-refractivity contribution in [2.75, 3.05) is 12.3 Å². The average molecular weight is 247 g/mol. The molecule has 1 amide bonds. The second kappa shape index (κ2) is 5.72. The molecule has 0 bridgehead atoms. The first-order valence-corrected chi connectivity index (χ1v) is 5.38. The molecule has 1 aromatic carbocycles. The normalized spacial score (nSPS) is 10.0. The molecule has 3 N–H and O–H groups in total. The zero-order valence-electron chi connectivity index (χ0n) is 9.63. The van der Waals surface area contributed by atoms with E-state index in [1.165, 1.54) is 6.20 Å². The first-order valence-electron chi connectivity index (χ1n) is 5.38. The predicted molar refractivity (Wildman–Crippen MR) is 64.7 cm³/mol. The van der Waals surface area contributed by atoms with Crippen LogP contribution in [0.5, 0.6) is 5.75 Å². The smallest absolute Gasteiger partial charge is 0.258 e. The fraction of sp³-hybridized carbons (Fsp3) is 0.167. The van der Waals surface area contributed by atoms with Gasteiger partial charge in [-0.3, -0.25) is 4.79 Å². The molecular formula is C12H13N3O3. The molecular weight excluding hydrogens is 234 g/mol. The maximum absolute atomic E-state index is 11.5. The molecule has 1 heterocycles. The van der Waals surface area contributed by atoms with Crippen LogP contribution in [0.15, 0.2) is 41.1 Å². The summed E-state index contributed by atoms with van der Waals surface area (Å²) in [4.78, 5) is 11.5. The van der Waals surface area contributed by atoms with Crippen molar-refractivity contribution in [1.82, 2.24) is 10.5 Å². The third kappa shape index (κ3) is 3.51. The van der Waals surface area contributed by atoms with Gasteiger partial charge >= 0.3 is 0 Å². The molecule has 0 aliphatic carbocycles. The molecule has 94 valence electrons. The molecule has 6 nitrogen and oxygen atoms in total. The Hall–Kier alpha value is -2.50. The van der Waals surface area contributed by atoms with E-state index in [2.05, 4.69) is 10.5 Å². The van der Waals surface area contributed by atoms with E-state index in [1.54, 1.807) is 30.3 Å². The van der Waals surface area contributed by atoms with Crippen LogP contribution in [0.3, 0.4) is 0 Å². The lowest BCUT2D eigenvalue weighted by Crippen LogP contribution is -2.28. The number of nitrogen functional groups attached to an aromatic ring is 1. The van der Waals surface area contributed by atoms with Gasteiger partial charge in [-0.15, -0.1) is 0 Å². The van der Waals surface area contributed by atoms with E-state index < -0.39 is 0 Å². The lowest BCUT2D eigenvalue weighted by molar-refractivity contribution is -0.123. The zero-order valence-corrected chi connectivity index (χ0v) is 9.63. The Morgan fingerprint density at radius 3 is 3.06 bits per heavy atom. The van der Waals surface area contributed by atoms with Crippen LogP contribution < -0.4 is 15.8 Å². The van der Waals surface area contributed by atoms with E-state index in [0.717, 1.165) is 0 Å². The van der Waals surface area contributed by atoms with Gasteiger partial charge in [0, 0.05) is 17.8 Å². The number of amides is 1. The number of ether oxygens (including phenoxy) is 1. The summed E-state index contributed by atoms with van der Waals surface area (Å²) in [5.41, 5.74) is 6.18. The molecule has 0 spiro atoms. The van der Waals surface area contributed by atoms with Gasteiger partial charge in [0.15, 0.2) is 12.4 Å². The van der Waals surface area contributed by atoms with E-state index >= 15 is 0 Å². The lowest BCUT2D eigenvalue weighted by Gasteiger charge is -2.06. The Morgan fingerprint density at radius 1 is 1.44 bits per heavy atom. The topological polar surface area (TPSA) is 90.4 Å². The number of hydrogen-bond donors (Lipinski definition) is 2. The van der Waals surface area contributed by atoms with Crippen LogP contribution in [-0.2, 0) is 11.3 Å². The SMILES string of the molecule is Nc1cccc(OCC(=O)NCc2ccno2)c1. The Balaban J connectivity index is 1.75. The highest BCUT2D eigenvalue weighted by molar-refractivity contribution is 5.77. The van der Waals surface area contributed by atoms with Crippen LogP contribution in [0.4, 0.5) is 5.69 Å². The molecule has 0 radical (unpaired) electrons. The highest BCUT2D eigenvalue weighted by atomic mass is 16.5. The number of aromatic nitrogens is 1. The van der Waals surface area contributed by atoms with Gasteiger partial charge in [0.05, 0.1) is 12.7 Å². The predicted octanol–water partition coefficient (Wildman–Crippen LogP) is 0.952. The van der Waals surface area contributed by atoms with Crippen molar-refractivity contribution in [3.05, 3.63) is 42.3 Å². The molecule has 0 atom stereocenters. The van der Waals surface area contributed by atoms with Gasteiger partial charge in [0.2, 0.25) is 0 Å². The minimum atomic E-state index is -0.242. The minimum absolute atomic E-state index is 0.0718. The number of nitrogens with two attached hydrogens (primary N) is 1. The number of nitrogens with zero attached hydrogens (tertiary/aromatic N) is 1. The molecule has 6 heteroatoms. The first-order chi connectivity index (χ1) is 8.74. The van der Waals surface area contributed by atoms with Gasteiger partial charge < -0.3 is 20.3 Å². The number of carbonyl (C=O) groups is 1. The van der Waals surface area contributed by atoms with Crippen molar-refractivity contribution in [3.8, 4) is 5.75 Å². The van der Waals surface area contributed by atoms with Gasteiger partial charge in [0.25, 0.3) is 5.91 Å². The molecule has 0 aliphatic heterocycles. The van der Waals surface area contributed by atoms with Gasteiger partial charge in [-0.1, -0.05) is 11.2 Å². The Morgan fingerprint density at radius 2 is 2.33 bits per heavy atom. The van der Waals surface area contributed by atoms with Gasteiger partial charge in [0.1, 0.15) is 5.75 Å². The third-order valence-corrected chi connectivity index (χ3v) is 2.18. The summed E-state index contributed by atoms with van der Waals surface area (Å²) >= 11 is 0. The summed E-state index contributed by atoms with van der Waals surface area (Å²) in [6.07, 6.45) is 1.52. The largest absolute Gasteiger partial charge is 0.484 e. The highest BCUT2D eigenvalue weighted by Crippen LogP contribution is 2.13. The minimum Gasteiger partial charge on any atom is -0.484 e. The fourth-order valence-corrected chi connectivity index (χ4v) is 1.32. The molecule has 0 saturated carbocycles. The van der Waals surface area contributed by atoms with Gasteiger partial charge in [-0.2, -0.15) is 0 Å². The van der Waals surface area contributed by atoms with Crippen molar-refractivity contribution < 1.29 is 14.1 Å². The fourth-order valence-electron chi connectivity index (χ4n) is 1.32. The lowest BCUT2D eigenvalue weighted by atomic mass is 10.3. The summed E-state index contributed by atoms with van der Waals surface area (Å²) in [7, 11) is 0. The maximum atomic E-state index is 11.5. The quantitative estimate of drug-likeness (QED) is 0.768. The number of carbonyl (C=O) groups excluding carboxylic acids is 1. The number of rotatable bonds is 5. The molecule has 2 rings (SSSR count). The molecule has 0 aliphatic rings. The van der Waals surface area contributed by atoms with Crippen molar-refractivity contribution in [3.63, 3.8) is 0 Å². The number of benzene rings is 1. The van der Waals surface area contributed by atoms with Crippen LogP contribution in [0.2, 0.25) is 0 Å². The van der Waals surface area contributed by atoms with Crippen LogP contribution >= 0.6 is 0 Å². The van der Waals surface area contributed by atoms with E-state index in [-0.39, 0.29) is 12.5 Å². The number of nitrogens with one attached hydrogen (secondary N) is 1. The van der Waals surface area contributed by atoms with Crippen LogP contribution in [0.25, 0.3) is 0 Å². The Labute approximate surface area is 104 Å². The van der Waals surface area contributed by atoms with Gasteiger partial charge in [-0.05, 0) is 12.1 Å². The summed E-state index contributed by atoms with van der Waals surface area (Å²) in [6.45, 7) is 0.219. The molecule has 2 aromatic rings. The highest BCUT2D eigenvalue weighted by Gasteiger charge is 2.04. The first kappa shape index (κ1) is 12.0.